The number of alkyl carbamates (subject to hydrolysis) is 2. The van der Waals surface area contributed by atoms with Crippen molar-refractivity contribution in [1.82, 2.24) is 16.0 Å². The molecule has 0 radical (unpaired) electrons. The number of carbonyl (C=O) groups is 3. The summed E-state index contributed by atoms with van der Waals surface area (Å²) < 4.78 is 16.7. The van der Waals surface area contributed by atoms with Gasteiger partial charge in [0.05, 0.1) is 31.9 Å². The second kappa shape index (κ2) is 17.1. The minimum absolute atomic E-state index is 0.0130. The molecule has 50 heavy (non-hydrogen) atoms. The van der Waals surface area contributed by atoms with Gasteiger partial charge in [-0.05, 0) is 59.1 Å². The number of methoxy groups -OCH3 is 1. The number of amides is 2. The SMILES string of the molecule is COC(=O)N[C@H](C(=O)Cc1ccccc1CC[C@@H]1CN[C@H](COC(=O)NC2CCc3ccccc32)CO1)C(c1ccccc1)c1ccccc1. The molecule has 1 fully saturated rings. The number of fused-ring (bicyclic) bond motifs is 1. The van der Waals surface area contributed by atoms with Crippen molar-refractivity contribution < 1.29 is 28.6 Å². The van der Waals surface area contributed by atoms with E-state index < -0.39 is 24.1 Å². The number of nitrogens with one attached hydrogen (secondary N) is 3. The van der Waals surface area contributed by atoms with Gasteiger partial charge in [-0.25, -0.2) is 9.59 Å². The summed E-state index contributed by atoms with van der Waals surface area (Å²) in [6.45, 7) is 1.30. The molecule has 0 aromatic heterocycles. The predicted molar refractivity (Wildman–Crippen MR) is 191 cm³/mol. The molecule has 3 N–H and O–H groups in total. The van der Waals surface area contributed by atoms with Crippen LogP contribution < -0.4 is 16.0 Å². The molecule has 1 heterocycles. The third-order valence-electron chi connectivity index (χ3n) is 9.68. The molecule has 2 amide bonds. The van der Waals surface area contributed by atoms with E-state index in [4.69, 9.17) is 14.2 Å². The first kappa shape index (κ1) is 34.9. The summed E-state index contributed by atoms with van der Waals surface area (Å²) in [4.78, 5) is 39.2. The van der Waals surface area contributed by atoms with Gasteiger partial charge in [0.1, 0.15) is 12.6 Å². The first-order valence-electron chi connectivity index (χ1n) is 17.4. The van der Waals surface area contributed by atoms with E-state index >= 15 is 0 Å². The summed E-state index contributed by atoms with van der Waals surface area (Å²) >= 11 is 0. The lowest BCUT2D eigenvalue weighted by atomic mass is 9.81. The average Bonchev–Trinajstić information content (AvgIpc) is 3.57. The number of aryl methyl sites for hydroxylation is 2. The number of Topliss-reactive ketones (excluding diaryl/α,β-unsaturated/α-hetero) is 1. The van der Waals surface area contributed by atoms with Crippen LogP contribution in [0.25, 0.3) is 0 Å². The number of ether oxygens (including phenoxy) is 3. The number of hydrogen-bond donors (Lipinski definition) is 3. The molecule has 0 spiro atoms. The Morgan fingerprint density at radius 2 is 1.50 bits per heavy atom. The van der Waals surface area contributed by atoms with E-state index in [9.17, 15) is 14.4 Å². The lowest BCUT2D eigenvalue weighted by molar-refractivity contribution is -0.120. The lowest BCUT2D eigenvalue weighted by Gasteiger charge is -2.30. The fourth-order valence-electron chi connectivity index (χ4n) is 7.05. The summed E-state index contributed by atoms with van der Waals surface area (Å²) in [6.07, 6.45) is 2.38. The van der Waals surface area contributed by atoms with Crippen molar-refractivity contribution in [3.8, 4) is 0 Å². The fourth-order valence-corrected chi connectivity index (χ4v) is 7.05. The van der Waals surface area contributed by atoms with Gasteiger partial charge in [0.25, 0.3) is 0 Å². The number of morpholine rings is 1. The molecule has 1 unspecified atom stereocenters. The van der Waals surface area contributed by atoms with Crippen LogP contribution in [0.15, 0.2) is 109 Å². The minimum Gasteiger partial charge on any atom is -0.453 e. The number of benzene rings is 4. The quantitative estimate of drug-likeness (QED) is 0.158. The Hall–Kier alpha value is -4.99. The Bertz CT molecular complexity index is 1690. The van der Waals surface area contributed by atoms with E-state index in [1.54, 1.807) is 0 Å². The van der Waals surface area contributed by atoms with Crippen molar-refractivity contribution >= 4 is 18.0 Å². The maximum absolute atomic E-state index is 14.2. The zero-order valence-corrected chi connectivity index (χ0v) is 28.4. The molecule has 0 bridgehead atoms. The van der Waals surface area contributed by atoms with Gasteiger partial charge < -0.3 is 30.2 Å². The first-order chi connectivity index (χ1) is 24.5. The normalized spacial score (nSPS) is 18.9. The molecule has 9 heteroatoms. The zero-order chi connectivity index (χ0) is 34.7. The number of hydrogen-bond acceptors (Lipinski definition) is 7. The van der Waals surface area contributed by atoms with Crippen LogP contribution in [0.2, 0.25) is 0 Å². The van der Waals surface area contributed by atoms with Gasteiger partial charge in [-0.2, -0.15) is 0 Å². The standard InChI is InChI=1S/C41H45N3O6/c1-48-40(46)44-39(38(30-14-4-2-5-15-30)31-16-6-3-7-17-31)37(45)24-32-18-9-8-12-28(32)20-22-34-25-42-33(26-49-34)27-50-41(47)43-36-23-21-29-13-10-11-19-35(29)36/h2-19,33-34,36,38-39,42H,20-27H2,1H3,(H,43,47)(H,44,46)/t33-,34+,36?,39+/m0/s1. The maximum atomic E-state index is 14.2. The molecule has 6 rings (SSSR count). The Morgan fingerprint density at radius 3 is 2.18 bits per heavy atom. The Kier molecular flexibility index (Phi) is 11.9. The van der Waals surface area contributed by atoms with Crippen molar-refractivity contribution in [2.75, 3.05) is 26.9 Å². The Morgan fingerprint density at radius 1 is 0.840 bits per heavy atom. The van der Waals surface area contributed by atoms with Crippen molar-refractivity contribution in [3.05, 3.63) is 143 Å². The molecule has 4 atom stereocenters. The van der Waals surface area contributed by atoms with Crippen molar-refractivity contribution in [2.24, 2.45) is 0 Å². The average molecular weight is 676 g/mol. The van der Waals surface area contributed by atoms with Gasteiger partial charge in [-0.1, -0.05) is 109 Å². The molecular weight excluding hydrogens is 630 g/mol. The molecule has 1 aliphatic carbocycles. The summed E-state index contributed by atoms with van der Waals surface area (Å²) in [5.41, 5.74) is 6.27. The largest absolute Gasteiger partial charge is 0.453 e. The van der Waals surface area contributed by atoms with Crippen LogP contribution >= 0.6 is 0 Å². The van der Waals surface area contributed by atoms with Crippen LogP contribution in [0.3, 0.4) is 0 Å². The van der Waals surface area contributed by atoms with Crippen molar-refractivity contribution in [3.63, 3.8) is 0 Å². The number of ketones is 1. The van der Waals surface area contributed by atoms with Crippen molar-refractivity contribution in [2.45, 2.75) is 62.3 Å². The molecule has 2 aliphatic rings. The van der Waals surface area contributed by atoms with E-state index in [1.165, 1.54) is 18.2 Å². The summed E-state index contributed by atoms with van der Waals surface area (Å²) in [6, 6.07) is 34.7. The van der Waals surface area contributed by atoms with E-state index in [0.29, 0.717) is 13.2 Å². The summed E-state index contributed by atoms with van der Waals surface area (Å²) in [7, 11) is 1.30. The molecule has 0 saturated carbocycles. The molecule has 4 aromatic rings. The molecule has 1 aliphatic heterocycles. The minimum atomic E-state index is -0.846. The summed E-state index contributed by atoms with van der Waals surface area (Å²) in [5, 5.41) is 9.32. The highest BCUT2D eigenvalue weighted by Crippen LogP contribution is 2.31. The molecular formula is C41H45N3O6. The second-order valence-corrected chi connectivity index (χ2v) is 13.0. The predicted octanol–water partition coefficient (Wildman–Crippen LogP) is 6.06. The third-order valence-corrected chi connectivity index (χ3v) is 9.68. The van der Waals surface area contributed by atoms with Crippen LogP contribution in [-0.2, 0) is 38.3 Å². The summed E-state index contributed by atoms with van der Waals surface area (Å²) in [5.74, 6) is -0.513. The van der Waals surface area contributed by atoms with Crippen LogP contribution in [0.1, 0.15) is 58.2 Å². The highest BCUT2D eigenvalue weighted by molar-refractivity contribution is 5.91. The monoisotopic (exact) mass is 675 g/mol. The van der Waals surface area contributed by atoms with Gasteiger partial charge in [0, 0.05) is 18.9 Å². The Labute approximate surface area is 293 Å². The van der Waals surface area contributed by atoms with Gasteiger partial charge in [-0.3, -0.25) is 4.79 Å². The van der Waals surface area contributed by atoms with Gasteiger partial charge in [0.2, 0.25) is 0 Å². The van der Waals surface area contributed by atoms with Crippen molar-refractivity contribution in [1.29, 1.82) is 0 Å². The van der Waals surface area contributed by atoms with E-state index in [0.717, 1.165) is 47.9 Å². The molecule has 9 nitrogen and oxygen atoms in total. The van der Waals surface area contributed by atoms with Crippen LogP contribution in [0, 0.1) is 0 Å². The molecule has 4 aromatic carbocycles. The van der Waals surface area contributed by atoms with Crippen LogP contribution in [0.5, 0.6) is 0 Å². The smallest absolute Gasteiger partial charge is 0.407 e. The highest BCUT2D eigenvalue weighted by Gasteiger charge is 2.33. The maximum Gasteiger partial charge on any atom is 0.407 e. The van der Waals surface area contributed by atoms with Gasteiger partial charge in [-0.15, -0.1) is 0 Å². The highest BCUT2D eigenvalue weighted by atomic mass is 16.6. The number of rotatable bonds is 13. The van der Waals surface area contributed by atoms with Gasteiger partial charge in [0.15, 0.2) is 5.78 Å². The fraction of sp³-hybridized carbons (Fsp3) is 0.341. The zero-order valence-electron chi connectivity index (χ0n) is 28.4. The topological polar surface area (TPSA) is 115 Å². The van der Waals surface area contributed by atoms with E-state index in [1.807, 2.05) is 97.1 Å². The third kappa shape index (κ3) is 8.97. The van der Waals surface area contributed by atoms with Crippen LogP contribution in [0.4, 0.5) is 9.59 Å². The number of carbonyl (C=O) groups excluding carboxylic acids is 3. The first-order valence-corrected chi connectivity index (χ1v) is 17.4. The van der Waals surface area contributed by atoms with Crippen LogP contribution in [-0.4, -0.2) is 63.0 Å². The molecule has 1 saturated heterocycles. The van der Waals surface area contributed by atoms with E-state index in [2.05, 4.69) is 28.1 Å². The Balaban J connectivity index is 1.03. The molecule has 260 valence electrons. The second-order valence-electron chi connectivity index (χ2n) is 13.0. The van der Waals surface area contributed by atoms with Gasteiger partial charge >= 0.3 is 12.2 Å². The lowest BCUT2D eigenvalue weighted by Crippen LogP contribution is -2.49. The van der Waals surface area contributed by atoms with E-state index in [-0.39, 0.29) is 37.0 Å².